The monoisotopic (exact) mass is 363 g/mol. The highest BCUT2D eigenvalue weighted by Gasteiger charge is 2.29. The van der Waals surface area contributed by atoms with E-state index in [1.165, 1.54) is 0 Å². The van der Waals surface area contributed by atoms with E-state index in [1.54, 1.807) is 0 Å². The molecule has 6 nitrogen and oxygen atoms in total. The number of sulfonamides is 1. The van der Waals surface area contributed by atoms with Crippen LogP contribution in [0.1, 0.15) is 32.6 Å². The molecule has 0 aromatic carbocycles. The van der Waals surface area contributed by atoms with Crippen molar-refractivity contribution in [2.24, 2.45) is 11.7 Å². The zero-order chi connectivity index (χ0) is 16.1. The van der Waals surface area contributed by atoms with Crippen molar-refractivity contribution in [2.75, 3.05) is 18.8 Å². The van der Waals surface area contributed by atoms with Crippen molar-refractivity contribution in [1.82, 2.24) is 10.0 Å². The predicted molar refractivity (Wildman–Crippen MR) is 82.6 cm³/mol. The molecule has 0 radical (unpaired) electrons. The third-order valence-electron chi connectivity index (χ3n) is 3.53. The van der Waals surface area contributed by atoms with Crippen LogP contribution in [0, 0.1) is 5.92 Å². The van der Waals surface area contributed by atoms with Crippen LogP contribution >= 0.6 is 12.4 Å². The van der Waals surface area contributed by atoms with Gasteiger partial charge in [0.15, 0.2) is 0 Å². The first-order chi connectivity index (χ1) is 9.63. The maximum Gasteiger partial charge on any atom is 0.277 e. The standard InChI is InChI=1S/C12H23F2N3O3S.ClH/c1-9-2-4-10(5-3-9)17-21(19,20)6-11(18)16-8-12(13,14)7-15;/h9-10,17H,2-8,15H2,1H3,(H,16,18);1H. The second kappa shape index (κ2) is 8.95. The second-order valence-corrected chi connectivity index (χ2v) is 7.42. The van der Waals surface area contributed by atoms with Gasteiger partial charge in [-0.15, -0.1) is 12.4 Å². The quantitative estimate of drug-likeness (QED) is 0.617. The van der Waals surface area contributed by atoms with Crippen LogP contribution in [0.4, 0.5) is 8.78 Å². The lowest BCUT2D eigenvalue weighted by molar-refractivity contribution is -0.120. The van der Waals surface area contributed by atoms with Crippen LogP contribution in [0.25, 0.3) is 0 Å². The van der Waals surface area contributed by atoms with E-state index >= 15 is 0 Å². The molecule has 0 spiro atoms. The maximum absolute atomic E-state index is 12.9. The Bertz CT molecular complexity index is 455. The normalized spacial score (nSPS) is 22.7. The average molecular weight is 364 g/mol. The zero-order valence-corrected chi connectivity index (χ0v) is 14.1. The van der Waals surface area contributed by atoms with Crippen LogP contribution in [0.2, 0.25) is 0 Å². The van der Waals surface area contributed by atoms with E-state index < -0.39 is 40.7 Å². The molecule has 0 unspecified atom stereocenters. The average Bonchev–Trinajstić information content (AvgIpc) is 2.38. The molecule has 0 bridgehead atoms. The fourth-order valence-electron chi connectivity index (χ4n) is 2.20. The van der Waals surface area contributed by atoms with E-state index in [0.29, 0.717) is 5.92 Å². The lowest BCUT2D eigenvalue weighted by atomic mass is 9.88. The molecule has 0 aliphatic heterocycles. The van der Waals surface area contributed by atoms with Crippen LogP contribution < -0.4 is 15.8 Å². The number of carbonyl (C=O) groups excluding carboxylic acids is 1. The summed E-state index contributed by atoms with van der Waals surface area (Å²) in [4.78, 5) is 11.4. The fourth-order valence-corrected chi connectivity index (χ4v) is 3.47. The summed E-state index contributed by atoms with van der Waals surface area (Å²) in [6, 6.07) is -0.176. The smallest absolute Gasteiger partial charge is 0.277 e. The number of halogens is 3. The van der Waals surface area contributed by atoms with Crippen molar-refractivity contribution < 1.29 is 22.0 Å². The summed E-state index contributed by atoms with van der Waals surface area (Å²) in [6.07, 6.45) is 3.32. The highest BCUT2D eigenvalue weighted by atomic mass is 35.5. The van der Waals surface area contributed by atoms with Crippen LogP contribution in [-0.2, 0) is 14.8 Å². The summed E-state index contributed by atoms with van der Waals surface area (Å²) in [7, 11) is -3.81. The van der Waals surface area contributed by atoms with Gasteiger partial charge < -0.3 is 11.1 Å². The summed E-state index contributed by atoms with van der Waals surface area (Å²) in [5.74, 6) is -4.46. The highest BCUT2D eigenvalue weighted by molar-refractivity contribution is 7.90. The van der Waals surface area contributed by atoms with E-state index in [-0.39, 0.29) is 18.4 Å². The Morgan fingerprint density at radius 2 is 1.82 bits per heavy atom. The lowest BCUT2D eigenvalue weighted by Crippen LogP contribution is -2.46. The molecule has 0 aromatic rings. The van der Waals surface area contributed by atoms with Crippen LogP contribution in [0.15, 0.2) is 0 Å². The first-order valence-electron chi connectivity index (χ1n) is 6.98. The van der Waals surface area contributed by atoms with Crippen LogP contribution in [-0.4, -0.2) is 45.1 Å². The molecule has 0 saturated heterocycles. The number of alkyl halides is 2. The molecular formula is C12H24ClF2N3O3S. The molecule has 10 heteroatoms. The molecule has 1 fully saturated rings. The number of amides is 1. The Morgan fingerprint density at radius 3 is 2.32 bits per heavy atom. The number of rotatable bonds is 7. The molecule has 4 N–H and O–H groups in total. The SMILES string of the molecule is CC1CCC(NS(=O)(=O)CC(=O)NCC(F)(F)CN)CC1.Cl. The van der Waals surface area contributed by atoms with Gasteiger partial charge in [0.1, 0.15) is 5.75 Å². The van der Waals surface area contributed by atoms with Crippen molar-refractivity contribution in [1.29, 1.82) is 0 Å². The molecule has 1 aliphatic rings. The molecule has 132 valence electrons. The highest BCUT2D eigenvalue weighted by Crippen LogP contribution is 2.23. The summed E-state index contributed by atoms with van der Waals surface area (Å²) in [5.41, 5.74) is 4.82. The largest absolute Gasteiger partial charge is 0.349 e. The van der Waals surface area contributed by atoms with Gasteiger partial charge in [0.2, 0.25) is 15.9 Å². The topological polar surface area (TPSA) is 101 Å². The number of nitrogens with two attached hydrogens (primary N) is 1. The molecule has 0 aromatic heterocycles. The number of carbonyl (C=O) groups is 1. The van der Waals surface area contributed by atoms with Crippen molar-refractivity contribution >= 4 is 28.3 Å². The third-order valence-corrected chi connectivity index (χ3v) is 4.86. The van der Waals surface area contributed by atoms with E-state index in [9.17, 15) is 22.0 Å². The van der Waals surface area contributed by atoms with Crippen molar-refractivity contribution in [2.45, 2.75) is 44.6 Å². The fraction of sp³-hybridized carbons (Fsp3) is 0.917. The maximum atomic E-state index is 12.9. The van der Waals surface area contributed by atoms with Gasteiger partial charge in [0.25, 0.3) is 5.92 Å². The Kier molecular flexibility index (Phi) is 8.74. The number of hydrogen-bond donors (Lipinski definition) is 3. The van der Waals surface area contributed by atoms with Gasteiger partial charge in [-0.2, -0.15) is 0 Å². The minimum atomic E-state index is -3.81. The first-order valence-corrected chi connectivity index (χ1v) is 8.63. The Hall–Kier alpha value is -0.510. The van der Waals surface area contributed by atoms with Gasteiger partial charge in [-0.05, 0) is 31.6 Å². The van der Waals surface area contributed by atoms with Gasteiger partial charge in [0.05, 0.1) is 13.1 Å². The summed E-state index contributed by atoms with van der Waals surface area (Å²) >= 11 is 0. The summed E-state index contributed by atoms with van der Waals surface area (Å²) in [6.45, 7) is 0.243. The van der Waals surface area contributed by atoms with E-state index in [0.717, 1.165) is 25.7 Å². The van der Waals surface area contributed by atoms with Gasteiger partial charge in [-0.1, -0.05) is 6.92 Å². The summed E-state index contributed by atoms with van der Waals surface area (Å²) < 4.78 is 51.8. The molecule has 1 rings (SSSR count). The summed E-state index contributed by atoms with van der Waals surface area (Å²) in [5, 5.41) is 1.89. The number of nitrogens with one attached hydrogen (secondary N) is 2. The minimum Gasteiger partial charge on any atom is -0.349 e. The van der Waals surface area contributed by atoms with Gasteiger partial charge in [-0.25, -0.2) is 21.9 Å². The van der Waals surface area contributed by atoms with Gasteiger partial charge in [0, 0.05) is 6.04 Å². The molecule has 0 heterocycles. The van der Waals surface area contributed by atoms with Gasteiger partial charge >= 0.3 is 0 Å². The predicted octanol–water partition coefficient (Wildman–Crippen LogP) is 0.616. The van der Waals surface area contributed by atoms with E-state index in [4.69, 9.17) is 5.73 Å². The van der Waals surface area contributed by atoms with Crippen molar-refractivity contribution in [3.05, 3.63) is 0 Å². The third kappa shape index (κ3) is 8.21. The van der Waals surface area contributed by atoms with E-state index in [1.807, 2.05) is 5.32 Å². The lowest BCUT2D eigenvalue weighted by Gasteiger charge is -2.26. The molecular weight excluding hydrogens is 340 g/mol. The molecule has 22 heavy (non-hydrogen) atoms. The van der Waals surface area contributed by atoms with Crippen molar-refractivity contribution in [3.63, 3.8) is 0 Å². The first kappa shape index (κ1) is 21.5. The van der Waals surface area contributed by atoms with Crippen molar-refractivity contribution in [3.8, 4) is 0 Å². The van der Waals surface area contributed by atoms with E-state index in [2.05, 4.69) is 11.6 Å². The Labute approximate surface area is 136 Å². The molecule has 1 aliphatic carbocycles. The van der Waals surface area contributed by atoms with Crippen LogP contribution in [0.3, 0.4) is 0 Å². The number of hydrogen-bond acceptors (Lipinski definition) is 4. The molecule has 1 saturated carbocycles. The van der Waals surface area contributed by atoms with Crippen LogP contribution in [0.5, 0.6) is 0 Å². The molecule has 0 atom stereocenters. The Morgan fingerprint density at radius 1 is 1.27 bits per heavy atom. The zero-order valence-electron chi connectivity index (χ0n) is 12.5. The molecule has 1 amide bonds. The Balaban J connectivity index is 0.00000441. The minimum absolute atomic E-state index is 0. The second-order valence-electron chi connectivity index (χ2n) is 5.67. The van der Waals surface area contributed by atoms with Gasteiger partial charge in [-0.3, -0.25) is 4.79 Å².